The molecule has 0 aliphatic heterocycles. The third-order valence-corrected chi connectivity index (χ3v) is 2.49. The lowest BCUT2D eigenvalue weighted by atomic mass is 10.2. The van der Waals surface area contributed by atoms with Gasteiger partial charge >= 0.3 is 11.8 Å². The first-order valence-corrected chi connectivity index (χ1v) is 6.49. The predicted octanol–water partition coefficient (Wildman–Crippen LogP) is 1.50. The van der Waals surface area contributed by atoms with Crippen molar-refractivity contribution in [3.8, 4) is 0 Å². The number of benzene rings is 1. The Labute approximate surface area is 117 Å². The largest absolute Gasteiger partial charge is 0.348 e. The van der Waals surface area contributed by atoms with Crippen LogP contribution in [0.2, 0.25) is 0 Å². The van der Waals surface area contributed by atoms with Gasteiger partial charge in [0, 0.05) is 24.8 Å². The molecule has 0 atom stereocenters. The lowest BCUT2D eigenvalue weighted by Gasteiger charge is -2.07. The molecule has 0 fully saturated rings. The number of rotatable bonds is 5. The first kappa shape index (κ1) is 15.7. The summed E-state index contributed by atoms with van der Waals surface area (Å²) >= 11 is 0. The molecule has 0 bridgehead atoms. The van der Waals surface area contributed by atoms with Crippen LogP contribution in [0.15, 0.2) is 24.3 Å². The standard InChI is InChI=1S/C14H19N3O3/c1-3-4-9-15-13(19)14(20)17-12-7-5-11(6-8-12)16-10(2)18/h5-8H,3-4,9H2,1-2H3,(H,15,19)(H,16,18)(H,17,20). The molecular weight excluding hydrogens is 258 g/mol. The average Bonchev–Trinajstić information content (AvgIpc) is 2.40. The molecule has 0 saturated carbocycles. The highest BCUT2D eigenvalue weighted by Gasteiger charge is 2.12. The van der Waals surface area contributed by atoms with Gasteiger partial charge in [0.15, 0.2) is 0 Å². The number of anilines is 2. The number of carbonyl (C=O) groups is 3. The van der Waals surface area contributed by atoms with Gasteiger partial charge in [-0.25, -0.2) is 0 Å². The van der Waals surface area contributed by atoms with Gasteiger partial charge < -0.3 is 16.0 Å². The molecule has 3 N–H and O–H groups in total. The fourth-order valence-electron chi connectivity index (χ4n) is 1.49. The first-order chi connectivity index (χ1) is 9.52. The summed E-state index contributed by atoms with van der Waals surface area (Å²) in [5.74, 6) is -1.52. The minimum absolute atomic E-state index is 0.169. The Morgan fingerprint density at radius 3 is 2.00 bits per heavy atom. The molecule has 0 heterocycles. The van der Waals surface area contributed by atoms with Gasteiger partial charge in [0.2, 0.25) is 5.91 Å². The van der Waals surface area contributed by atoms with E-state index in [4.69, 9.17) is 0 Å². The molecule has 0 saturated heterocycles. The molecule has 0 unspecified atom stereocenters. The van der Waals surface area contributed by atoms with Crippen molar-refractivity contribution < 1.29 is 14.4 Å². The number of nitrogens with one attached hydrogen (secondary N) is 3. The highest BCUT2D eigenvalue weighted by Crippen LogP contribution is 2.13. The van der Waals surface area contributed by atoms with Crippen LogP contribution in [0.5, 0.6) is 0 Å². The second-order valence-corrected chi connectivity index (χ2v) is 4.32. The van der Waals surface area contributed by atoms with Crippen LogP contribution in [0.25, 0.3) is 0 Å². The van der Waals surface area contributed by atoms with Crippen molar-refractivity contribution >= 4 is 29.1 Å². The maximum atomic E-state index is 11.6. The fourth-order valence-corrected chi connectivity index (χ4v) is 1.49. The molecule has 0 spiro atoms. The van der Waals surface area contributed by atoms with E-state index in [1.165, 1.54) is 6.92 Å². The number of hydrogen-bond donors (Lipinski definition) is 3. The van der Waals surface area contributed by atoms with E-state index in [0.717, 1.165) is 12.8 Å². The van der Waals surface area contributed by atoms with Crippen molar-refractivity contribution in [2.45, 2.75) is 26.7 Å². The van der Waals surface area contributed by atoms with Gasteiger partial charge in [0.1, 0.15) is 0 Å². The summed E-state index contributed by atoms with van der Waals surface area (Å²) < 4.78 is 0. The highest BCUT2D eigenvalue weighted by atomic mass is 16.2. The van der Waals surface area contributed by atoms with Gasteiger partial charge in [-0.1, -0.05) is 13.3 Å². The highest BCUT2D eigenvalue weighted by molar-refractivity contribution is 6.39. The monoisotopic (exact) mass is 277 g/mol. The van der Waals surface area contributed by atoms with E-state index >= 15 is 0 Å². The molecule has 108 valence electrons. The molecule has 0 radical (unpaired) electrons. The minimum atomic E-state index is -0.701. The third-order valence-electron chi connectivity index (χ3n) is 2.49. The zero-order valence-corrected chi connectivity index (χ0v) is 11.7. The Kier molecular flexibility index (Phi) is 6.22. The van der Waals surface area contributed by atoms with E-state index in [1.807, 2.05) is 6.92 Å². The van der Waals surface area contributed by atoms with E-state index in [2.05, 4.69) is 16.0 Å². The third kappa shape index (κ3) is 5.51. The van der Waals surface area contributed by atoms with Crippen LogP contribution >= 0.6 is 0 Å². The van der Waals surface area contributed by atoms with Gasteiger partial charge in [0.05, 0.1) is 0 Å². The molecule has 0 aromatic heterocycles. The molecule has 0 aliphatic carbocycles. The van der Waals surface area contributed by atoms with Gasteiger partial charge in [-0.2, -0.15) is 0 Å². The number of carbonyl (C=O) groups excluding carboxylic acids is 3. The molecule has 1 rings (SSSR count). The van der Waals surface area contributed by atoms with E-state index in [9.17, 15) is 14.4 Å². The summed E-state index contributed by atoms with van der Waals surface area (Å²) in [6.45, 7) is 3.91. The second kappa shape index (κ2) is 7.93. The molecule has 0 aliphatic rings. The quantitative estimate of drug-likeness (QED) is 0.563. The summed E-state index contributed by atoms with van der Waals surface area (Å²) in [6, 6.07) is 6.52. The summed E-state index contributed by atoms with van der Waals surface area (Å²) in [7, 11) is 0. The van der Waals surface area contributed by atoms with Gasteiger partial charge in [-0.05, 0) is 30.7 Å². The molecule has 1 aromatic rings. The molecular formula is C14H19N3O3. The van der Waals surface area contributed by atoms with Gasteiger partial charge in [0.25, 0.3) is 0 Å². The van der Waals surface area contributed by atoms with Crippen LogP contribution < -0.4 is 16.0 Å². The second-order valence-electron chi connectivity index (χ2n) is 4.32. The number of amides is 3. The van der Waals surface area contributed by atoms with E-state index in [-0.39, 0.29) is 5.91 Å². The molecule has 3 amide bonds. The molecule has 20 heavy (non-hydrogen) atoms. The van der Waals surface area contributed by atoms with Crippen LogP contribution in [0, 0.1) is 0 Å². The van der Waals surface area contributed by atoms with Crippen LogP contribution in [-0.4, -0.2) is 24.3 Å². The summed E-state index contributed by atoms with van der Waals surface area (Å²) in [4.78, 5) is 33.9. The van der Waals surface area contributed by atoms with Crippen molar-refractivity contribution in [2.24, 2.45) is 0 Å². The van der Waals surface area contributed by atoms with Crippen LogP contribution in [0.3, 0.4) is 0 Å². The molecule has 1 aromatic carbocycles. The minimum Gasteiger partial charge on any atom is -0.348 e. The normalized spacial score (nSPS) is 9.70. The number of hydrogen-bond acceptors (Lipinski definition) is 3. The van der Waals surface area contributed by atoms with Crippen molar-refractivity contribution in [3.63, 3.8) is 0 Å². The Bertz CT molecular complexity index is 483. The first-order valence-electron chi connectivity index (χ1n) is 6.49. The summed E-state index contributed by atoms with van der Waals surface area (Å²) in [5.41, 5.74) is 1.12. The van der Waals surface area contributed by atoms with E-state index in [0.29, 0.717) is 17.9 Å². The molecule has 6 nitrogen and oxygen atoms in total. The smallest absolute Gasteiger partial charge is 0.313 e. The van der Waals surface area contributed by atoms with Crippen molar-refractivity contribution in [2.75, 3.05) is 17.2 Å². The van der Waals surface area contributed by atoms with E-state index < -0.39 is 11.8 Å². The Balaban J connectivity index is 2.49. The maximum absolute atomic E-state index is 11.6. The topological polar surface area (TPSA) is 87.3 Å². The predicted molar refractivity (Wildman–Crippen MR) is 77.3 cm³/mol. The van der Waals surface area contributed by atoms with Crippen molar-refractivity contribution in [1.82, 2.24) is 5.32 Å². The van der Waals surface area contributed by atoms with Gasteiger partial charge in [-0.3, -0.25) is 14.4 Å². The Morgan fingerprint density at radius 2 is 1.50 bits per heavy atom. The lowest BCUT2D eigenvalue weighted by molar-refractivity contribution is -0.136. The van der Waals surface area contributed by atoms with Gasteiger partial charge in [-0.15, -0.1) is 0 Å². The van der Waals surface area contributed by atoms with Crippen molar-refractivity contribution in [1.29, 1.82) is 0 Å². The number of unbranched alkanes of at least 4 members (excludes halogenated alkanes) is 1. The maximum Gasteiger partial charge on any atom is 0.313 e. The van der Waals surface area contributed by atoms with E-state index in [1.54, 1.807) is 24.3 Å². The fraction of sp³-hybridized carbons (Fsp3) is 0.357. The lowest BCUT2D eigenvalue weighted by Crippen LogP contribution is -2.35. The average molecular weight is 277 g/mol. The van der Waals surface area contributed by atoms with Crippen LogP contribution in [0.1, 0.15) is 26.7 Å². The zero-order chi connectivity index (χ0) is 15.0. The Hall–Kier alpha value is -2.37. The summed E-state index contributed by atoms with van der Waals surface area (Å²) in [5, 5.41) is 7.63. The zero-order valence-electron chi connectivity index (χ0n) is 11.7. The summed E-state index contributed by atoms with van der Waals surface area (Å²) in [6.07, 6.45) is 1.79. The van der Waals surface area contributed by atoms with Crippen molar-refractivity contribution in [3.05, 3.63) is 24.3 Å². The van der Waals surface area contributed by atoms with Crippen LogP contribution in [0.4, 0.5) is 11.4 Å². The Morgan fingerprint density at radius 1 is 0.950 bits per heavy atom. The van der Waals surface area contributed by atoms with Crippen LogP contribution in [-0.2, 0) is 14.4 Å². The SMILES string of the molecule is CCCCNC(=O)C(=O)Nc1ccc(NC(C)=O)cc1. The molecule has 6 heteroatoms.